The Morgan fingerprint density at radius 1 is 1.29 bits per heavy atom. The highest BCUT2D eigenvalue weighted by Crippen LogP contribution is 2.29. The number of H-pyrrole nitrogens is 1. The third-order valence-corrected chi connectivity index (χ3v) is 3.61. The largest absolute Gasteiger partial charge is 0.497 e. The van der Waals surface area contributed by atoms with Gasteiger partial charge in [-0.05, 0) is 24.1 Å². The molecule has 0 aliphatic heterocycles. The van der Waals surface area contributed by atoms with E-state index in [-0.39, 0.29) is 11.6 Å². The maximum atomic E-state index is 12.3. The normalized spacial score (nSPS) is 11.7. The second-order valence-corrected chi connectivity index (χ2v) is 5.51. The summed E-state index contributed by atoms with van der Waals surface area (Å²) in [5.41, 5.74) is 1.65. The van der Waals surface area contributed by atoms with Gasteiger partial charge in [0, 0.05) is 17.3 Å². The number of nitriles is 1. The summed E-state index contributed by atoms with van der Waals surface area (Å²) in [5, 5.41) is 18.9. The molecular formula is C17H20N4O3. The number of carbonyl (C=O) groups excluding carboxylic acids is 1. The van der Waals surface area contributed by atoms with E-state index in [2.05, 4.69) is 21.6 Å². The molecule has 0 saturated carbocycles. The second kappa shape index (κ2) is 7.51. The van der Waals surface area contributed by atoms with Crippen molar-refractivity contribution in [2.24, 2.45) is 0 Å². The fourth-order valence-electron chi connectivity index (χ4n) is 2.19. The molecule has 1 aromatic carbocycles. The van der Waals surface area contributed by atoms with Gasteiger partial charge < -0.3 is 14.8 Å². The van der Waals surface area contributed by atoms with Crippen LogP contribution in [-0.2, 0) is 0 Å². The monoisotopic (exact) mass is 328 g/mol. The van der Waals surface area contributed by atoms with E-state index in [4.69, 9.17) is 9.47 Å². The summed E-state index contributed by atoms with van der Waals surface area (Å²) < 4.78 is 10.4. The summed E-state index contributed by atoms with van der Waals surface area (Å²) in [4.78, 5) is 12.3. The van der Waals surface area contributed by atoms with Crippen molar-refractivity contribution in [1.82, 2.24) is 15.5 Å². The predicted octanol–water partition coefficient (Wildman–Crippen LogP) is 2.54. The van der Waals surface area contributed by atoms with E-state index >= 15 is 0 Å². The smallest absolute Gasteiger partial charge is 0.273 e. The Hall–Kier alpha value is -3.01. The number of hydrogen-bond donors (Lipinski definition) is 2. The summed E-state index contributed by atoms with van der Waals surface area (Å²) in [7, 11) is 3.04. The van der Waals surface area contributed by atoms with Crippen molar-refractivity contribution < 1.29 is 14.3 Å². The zero-order valence-electron chi connectivity index (χ0n) is 14.1. The van der Waals surface area contributed by atoms with E-state index in [1.54, 1.807) is 31.4 Å². The van der Waals surface area contributed by atoms with Gasteiger partial charge in [0.05, 0.1) is 20.3 Å². The molecule has 1 atom stereocenters. The lowest BCUT2D eigenvalue weighted by molar-refractivity contribution is 0.0940. The van der Waals surface area contributed by atoms with Gasteiger partial charge in [0.15, 0.2) is 0 Å². The number of rotatable bonds is 6. The summed E-state index contributed by atoms with van der Waals surface area (Å²) in [5.74, 6) is 0.869. The minimum absolute atomic E-state index is 0.229. The number of aromatic amines is 1. The maximum absolute atomic E-state index is 12.3. The standard InChI is InChI=1S/C17H20N4O3/c1-10(2)13-8-14(21-20-13)17(22)19-15(9-18)12-6-5-11(23-3)7-16(12)24-4/h5-8,10,15H,1-4H3,(H,19,22)(H,20,21). The van der Waals surface area contributed by atoms with Crippen molar-refractivity contribution in [3.8, 4) is 17.6 Å². The van der Waals surface area contributed by atoms with Crippen LogP contribution in [0.4, 0.5) is 0 Å². The Morgan fingerprint density at radius 2 is 2.04 bits per heavy atom. The molecule has 1 aromatic heterocycles. The first-order valence-corrected chi connectivity index (χ1v) is 7.47. The van der Waals surface area contributed by atoms with E-state index in [0.29, 0.717) is 17.1 Å². The van der Waals surface area contributed by atoms with E-state index in [0.717, 1.165) is 5.69 Å². The van der Waals surface area contributed by atoms with Crippen LogP contribution < -0.4 is 14.8 Å². The van der Waals surface area contributed by atoms with Gasteiger partial charge in [-0.1, -0.05) is 13.8 Å². The Balaban J connectivity index is 2.23. The van der Waals surface area contributed by atoms with Crippen molar-refractivity contribution >= 4 is 5.91 Å². The number of ether oxygens (including phenoxy) is 2. The Kier molecular flexibility index (Phi) is 5.42. The van der Waals surface area contributed by atoms with Crippen LogP contribution in [0.2, 0.25) is 0 Å². The van der Waals surface area contributed by atoms with Crippen molar-refractivity contribution in [3.63, 3.8) is 0 Å². The van der Waals surface area contributed by atoms with Gasteiger partial charge in [0.1, 0.15) is 23.2 Å². The number of methoxy groups -OCH3 is 2. The minimum atomic E-state index is -0.863. The third-order valence-electron chi connectivity index (χ3n) is 3.61. The Bertz CT molecular complexity index is 761. The zero-order chi connectivity index (χ0) is 17.7. The molecule has 0 spiro atoms. The van der Waals surface area contributed by atoms with Crippen LogP contribution in [0.25, 0.3) is 0 Å². The van der Waals surface area contributed by atoms with Gasteiger partial charge in [-0.15, -0.1) is 0 Å². The molecule has 24 heavy (non-hydrogen) atoms. The van der Waals surface area contributed by atoms with Crippen LogP contribution in [0.3, 0.4) is 0 Å². The first-order valence-electron chi connectivity index (χ1n) is 7.47. The molecule has 1 heterocycles. The molecule has 7 nitrogen and oxygen atoms in total. The number of nitrogens with one attached hydrogen (secondary N) is 2. The second-order valence-electron chi connectivity index (χ2n) is 5.51. The Morgan fingerprint density at radius 3 is 2.58 bits per heavy atom. The van der Waals surface area contributed by atoms with E-state index in [1.165, 1.54) is 7.11 Å². The molecule has 0 radical (unpaired) electrons. The van der Waals surface area contributed by atoms with Crippen LogP contribution in [0, 0.1) is 11.3 Å². The zero-order valence-corrected chi connectivity index (χ0v) is 14.1. The van der Waals surface area contributed by atoms with Crippen LogP contribution in [-0.4, -0.2) is 30.3 Å². The molecule has 7 heteroatoms. The average Bonchev–Trinajstić information content (AvgIpc) is 3.09. The number of nitrogens with zero attached hydrogens (tertiary/aromatic N) is 2. The van der Waals surface area contributed by atoms with Gasteiger partial charge in [-0.25, -0.2) is 0 Å². The van der Waals surface area contributed by atoms with Crippen molar-refractivity contribution in [3.05, 3.63) is 41.2 Å². The summed E-state index contributed by atoms with van der Waals surface area (Å²) in [6.07, 6.45) is 0. The fraction of sp³-hybridized carbons (Fsp3) is 0.353. The van der Waals surface area contributed by atoms with Crippen LogP contribution >= 0.6 is 0 Å². The van der Waals surface area contributed by atoms with Gasteiger partial charge in [-0.2, -0.15) is 10.4 Å². The molecule has 1 amide bonds. The highest BCUT2D eigenvalue weighted by molar-refractivity contribution is 5.92. The van der Waals surface area contributed by atoms with Gasteiger partial charge in [0.2, 0.25) is 0 Å². The van der Waals surface area contributed by atoms with E-state index in [9.17, 15) is 10.1 Å². The van der Waals surface area contributed by atoms with E-state index < -0.39 is 11.9 Å². The van der Waals surface area contributed by atoms with Crippen LogP contribution in [0.5, 0.6) is 11.5 Å². The van der Waals surface area contributed by atoms with Crippen molar-refractivity contribution in [2.45, 2.75) is 25.8 Å². The lowest BCUT2D eigenvalue weighted by atomic mass is 10.1. The molecule has 0 saturated heterocycles. The molecule has 2 aromatic rings. The molecule has 0 aliphatic carbocycles. The third kappa shape index (κ3) is 3.66. The first kappa shape index (κ1) is 17.3. The van der Waals surface area contributed by atoms with Crippen LogP contribution in [0.1, 0.15) is 47.6 Å². The molecule has 2 rings (SSSR count). The highest BCUT2D eigenvalue weighted by atomic mass is 16.5. The van der Waals surface area contributed by atoms with Gasteiger partial charge in [-0.3, -0.25) is 9.89 Å². The summed E-state index contributed by atoms with van der Waals surface area (Å²) in [6, 6.07) is 7.95. The number of hydrogen-bond acceptors (Lipinski definition) is 5. The average molecular weight is 328 g/mol. The summed E-state index contributed by atoms with van der Waals surface area (Å²) in [6.45, 7) is 3.99. The Labute approximate surface area is 140 Å². The minimum Gasteiger partial charge on any atom is -0.497 e. The molecule has 126 valence electrons. The number of benzene rings is 1. The quantitative estimate of drug-likeness (QED) is 0.849. The molecule has 0 fully saturated rings. The van der Waals surface area contributed by atoms with Gasteiger partial charge >= 0.3 is 0 Å². The van der Waals surface area contributed by atoms with Crippen molar-refractivity contribution in [1.29, 1.82) is 5.26 Å². The fourth-order valence-corrected chi connectivity index (χ4v) is 2.19. The molecule has 0 bridgehead atoms. The molecule has 1 unspecified atom stereocenters. The SMILES string of the molecule is COc1ccc(C(C#N)NC(=O)c2cc(C(C)C)[nH]n2)c(OC)c1. The first-order chi connectivity index (χ1) is 11.5. The van der Waals surface area contributed by atoms with Gasteiger partial charge in [0.25, 0.3) is 5.91 Å². The predicted molar refractivity (Wildman–Crippen MR) is 88.0 cm³/mol. The number of carbonyl (C=O) groups is 1. The topological polar surface area (TPSA) is 100 Å². The lowest BCUT2D eigenvalue weighted by Crippen LogP contribution is -2.28. The highest BCUT2D eigenvalue weighted by Gasteiger charge is 2.21. The molecule has 0 aliphatic rings. The molecule has 2 N–H and O–H groups in total. The maximum Gasteiger partial charge on any atom is 0.273 e. The van der Waals surface area contributed by atoms with Crippen LogP contribution in [0.15, 0.2) is 24.3 Å². The lowest BCUT2D eigenvalue weighted by Gasteiger charge is -2.15. The number of amides is 1. The van der Waals surface area contributed by atoms with Crippen molar-refractivity contribution in [2.75, 3.05) is 14.2 Å². The number of aromatic nitrogens is 2. The van der Waals surface area contributed by atoms with E-state index in [1.807, 2.05) is 13.8 Å². The molecular weight excluding hydrogens is 308 g/mol. The summed E-state index contributed by atoms with van der Waals surface area (Å²) >= 11 is 0.